The van der Waals surface area contributed by atoms with E-state index in [4.69, 9.17) is 10.5 Å². The van der Waals surface area contributed by atoms with Crippen molar-refractivity contribution in [2.75, 3.05) is 33.3 Å². The van der Waals surface area contributed by atoms with Crippen LogP contribution in [0.1, 0.15) is 38.5 Å². The van der Waals surface area contributed by atoms with E-state index >= 15 is 0 Å². The molecule has 1 aliphatic carbocycles. The predicted octanol–water partition coefficient (Wildman–Crippen LogP) is 1.86. The monoisotopic (exact) mass is 240 g/mol. The van der Waals surface area contributed by atoms with E-state index in [1.807, 2.05) is 0 Å². The van der Waals surface area contributed by atoms with E-state index in [9.17, 15) is 0 Å². The third-order valence-electron chi connectivity index (χ3n) is 4.74. The molecule has 1 heterocycles. The molecule has 17 heavy (non-hydrogen) atoms. The number of nitrogens with two attached hydrogens (primary N) is 1. The highest BCUT2D eigenvalue weighted by atomic mass is 16.5. The number of hydrogen-bond acceptors (Lipinski definition) is 3. The first-order chi connectivity index (χ1) is 8.33. The summed E-state index contributed by atoms with van der Waals surface area (Å²) >= 11 is 0. The van der Waals surface area contributed by atoms with Crippen LogP contribution in [0.3, 0.4) is 0 Å². The number of methoxy groups -OCH3 is 1. The molecule has 0 aromatic heterocycles. The summed E-state index contributed by atoms with van der Waals surface area (Å²) < 4.78 is 5.35. The van der Waals surface area contributed by atoms with Gasteiger partial charge in [-0.15, -0.1) is 0 Å². The Labute approximate surface area is 106 Å². The molecule has 2 fully saturated rings. The fourth-order valence-corrected chi connectivity index (χ4v) is 3.54. The Balaban J connectivity index is 1.72. The number of piperidine rings is 1. The molecule has 3 nitrogen and oxygen atoms in total. The lowest BCUT2D eigenvalue weighted by atomic mass is 9.75. The fourth-order valence-electron chi connectivity index (χ4n) is 3.54. The molecule has 0 aromatic carbocycles. The van der Waals surface area contributed by atoms with Gasteiger partial charge in [0.25, 0.3) is 0 Å². The summed E-state index contributed by atoms with van der Waals surface area (Å²) in [5.74, 6) is 2.02. The van der Waals surface area contributed by atoms with Crippen molar-refractivity contribution in [1.29, 1.82) is 0 Å². The van der Waals surface area contributed by atoms with Gasteiger partial charge >= 0.3 is 0 Å². The molecule has 3 atom stereocenters. The molecule has 0 bridgehead atoms. The van der Waals surface area contributed by atoms with Gasteiger partial charge in [-0.3, -0.25) is 0 Å². The minimum atomic E-state index is 0.249. The van der Waals surface area contributed by atoms with Crippen molar-refractivity contribution in [2.45, 2.75) is 44.6 Å². The lowest BCUT2D eigenvalue weighted by molar-refractivity contribution is 0.0572. The summed E-state index contributed by atoms with van der Waals surface area (Å²) in [5, 5.41) is 0. The number of rotatable bonds is 5. The Morgan fingerprint density at radius 1 is 1.24 bits per heavy atom. The van der Waals surface area contributed by atoms with Gasteiger partial charge in [-0.05, 0) is 37.6 Å². The SMILES string of the molecule is COC(CN)CCN1CCC2CCCCC2C1. The van der Waals surface area contributed by atoms with Crippen molar-refractivity contribution in [2.24, 2.45) is 17.6 Å². The van der Waals surface area contributed by atoms with E-state index in [0.717, 1.165) is 18.3 Å². The second-order valence-corrected chi connectivity index (χ2v) is 5.78. The number of fused-ring (bicyclic) bond motifs is 1. The minimum absolute atomic E-state index is 0.249. The molecular weight excluding hydrogens is 212 g/mol. The Hall–Kier alpha value is -0.120. The van der Waals surface area contributed by atoms with Gasteiger partial charge in [0, 0.05) is 26.7 Å². The Bertz CT molecular complexity index is 218. The third-order valence-corrected chi connectivity index (χ3v) is 4.74. The maximum atomic E-state index is 5.66. The molecule has 0 spiro atoms. The van der Waals surface area contributed by atoms with Crippen LogP contribution in [0.15, 0.2) is 0 Å². The molecular formula is C14H28N2O. The van der Waals surface area contributed by atoms with Gasteiger partial charge in [0.2, 0.25) is 0 Å². The summed E-state index contributed by atoms with van der Waals surface area (Å²) in [5.41, 5.74) is 5.66. The maximum Gasteiger partial charge on any atom is 0.0705 e. The summed E-state index contributed by atoms with van der Waals surface area (Å²) in [6.45, 7) is 4.43. The molecule has 1 aliphatic heterocycles. The molecule has 2 rings (SSSR count). The first-order valence-corrected chi connectivity index (χ1v) is 7.28. The fraction of sp³-hybridized carbons (Fsp3) is 1.00. The zero-order chi connectivity index (χ0) is 12.1. The topological polar surface area (TPSA) is 38.5 Å². The van der Waals surface area contributed by atoms with E-state index in [0.29, 0.717) is 6.54 Å². The van der Waals surface area contributed by atoms with Crippen LogP contribution in [-0.4, -0.2) is 44.3 Å². The second-order valence-electron chi connectivity index (χ2n) is 5.78. The lowest BCUT2D eigenvalue weighted by Gasteiger charge is -2.41. The van der Waals surface area contributed by atoms with E-state index in [-0.39, 0.29) is 6.10 Å². The van der Waals surface area contributed by atoms with Crippen molar-refractivity contribution in [3.05, 3.63) is 0 Å². The van der Waals surface area contributed by atoms with Crippen molar-refractivity contribution in [3.8, 4) is 0 Å². The molecule has 3 heteroatoms. The van der Waals surface area contributed by atoms with Crippen LogP contribution in [0.25, 0.3) is 0 Å². The van der Waals surface area contributed by atoms with Crippen molar-refractivity contribution in [3.63, 3.8) is 0 Å². The standard InChI is InChI=1S/C14H28N2O/c1-17-14(10-15)7-9-16-8-6-12-4-2-3-5-13(12)11-16/h12-14H,2-11,15H2,1H3. The van der Waals surface area contributed by atoms with Crippen LogP contribution in [-0.2, 0) is 4.74 Å². The Kier molecular flexibility index (Phi) is 5.26. The number of likely N-dealkylation sites (tertiary alicyclic amines) is 1. The summed E-state index contributed by atoms with van der Waals surface area (Å²) in [4.78, 5) is 2.63. The highest BCUT2D eigenvalue weighted by Crippen LogP contribution is 2.35. The molecule has 0 aromatic rings. The zero-order valence-electron chi connectivity index (χ0n) is 11.2. The van der Waals surface area contributed by atoms with Crippen LogP contribution in [0, 0.1) is 11.8 Å². The van der Waals surface area contributed by atoms with Crippen molar-refractivity contribution < 1.29 is 4.74 Å². The summed E-state index contributed by atoms with van der Waals surface area (Å²) in [7, 11) is 1.77. The van der Waals surface area contributed by atoms with Crippen LogP contribution >= 0.6 is 0 Å². The van der Waals surface area contributed by atoms with E-state index < -0.39 is 0 Å². The second kappa shape index (κ2) is 6.72. The first-order valence-electron chi connectivity index (χ1n) is 7.28. The summed E-state index contributed by atoms with van der Waals surface area (Å²) in [6, 6.07) is 0. The van der Waals surface area contributed by atoms with Gasteiger partial charge in [-0.25, -0.2) is 0 Å². The number of nitrogens with zero attached hydrogens (tertiary/aromatic N) is 1. The van der Waals surface area contributed by atoms with Gasteiger partial charge < -0.3 is 15.4 Å². The van der Waals surface area contributed by atoms with E-state index in [2.05, 4.69) is 4.90 Å². The molecule has 100 valence electrons. The Morgan fingerprint density at radius 2 is 2.00 bits per heavy atom. The van der Waals surface area contributed by atoms with Crippen molar-refractivity contribution in [1.82, 2.24) is 4.90 Å². The third kappa shape index (κ3) is 3.67. The van der Waals surface area contributed by atoms with E-state index in [1.165, 1.54) is 51.7 Å². The highest BCUT2D eigenvalue weighted by Gasteiger charge is 2.30. The first kappa shape index (κ1) is 13.3. The van der Waals surface area contributed by atoms with Crippen molar-refractivity contribution >= 4 is 0 Å². The Morgan fingerprint density at radius 3 is 2.71 bits per heavy atom. The molecule has 1 saturated heterocycles. The number of hydrogen-bond donors (Lipinski definition) is 1. The van der Waals surface area contributed by atoms with Gasteiger partial charge in [0.05, 0.1) is 6.10 Å². The van der Waals surface area contributed by atoms with Gasteiger partial charge in [-0.1, -0.05) is 19.3 Å². The quantitative estimate of drug-likeness (QED) is 0.797. The van der Waals surface area contributed by atoms with E-state index in [1.54, 1.807) is 7.11 Å². The van der Waals surface area contributed by atoms with Crippen LogP contribution in [0.4, 0.5) is 0 Å². The summed E-state index contributed by atoms with van der Waals surface area (Å²) in [6.07, 6.45) is 8.64. The predicted molar refractivity (Wildman–Crippen MR) is 71.0 cm³/mol. The zero-order valence-corrected chi connectivity index (χ0v) is 11.2. The van der Waals surface area contributed by atoms with Gasteiger partial charge in [0.15, 0.2) is 0 Å². The molecule has 0 radical (unpaired) electrons. The largest absolute Gasteiger partial charge is 0.380 e. The van der Waals surface area contributed by atoms with Gasteiger partial charge in [0.1, 0.15) is 0 Å². The molecule has 2 aliphatic rings. The highest BCUT2D eigenvalue weighted by molar-refractivity contribution is 4.83. The van der Waals surface area contributed by atoms with Crippen LogP contribution in [0.2, 0.25) is 0 Å². The van der Waals surface area contributed by atoms with Crippen LogP contribution < -0.4 is 5.73 Å². The normalized spacial score (nSPS) is 32.1. The molecule has 3 unspecified atom stereocenters. The maximum absolute atomic E-state index is 5.66. The molecule has 1 saturated carbocycles. The molecule has 2 N–H and O–H groups in total. The lowest BCUT2D eigenvalue weighted by Crippen LogP contribution is -2.43. The average Bonchev–Trinajstić information content (AvgIpc) is 2.40. The minimum Gasteiger partial charge on any atom is -0.380 e. The van der Waals surface area contributed by atoms with Crippen LogP contribution in [0.5, 0.6) is 0 Å². The smallest absolute Gasteiger partial charge is 0.0705 e. The number of ether oxygens (including phenoxy) is 1. The van der Waals surface area contributed by atoms with Gasteiger partial charge in [-0.2, -0.15) is 0 Å². The average molecular weight is 240 g/mol. The molecule has 0 amide bonds.